The van der Waals surface area contributed by atoms with E-state index >= 15 is 0 Å². The molecule has 0 radical (unpaired) electrons. The molecule has 108 valence electrons. The minimum Gasteiger partial charge on any atom is -0.326 e. The molecule has 20 heavy (non-hydrogen) atoms. The van der Waals surface area contributed by atoms with E-state index in [1.165, 1.54) is 0 Å². The number of hydrogen-bond donors (Lipinski definition) is 2. The average Bonchev–Trinajstić information content (AvgIpc) is 2.91. The zero-order valence-corrected chi connectivity index (χ0v) is 12.9. The van der Waals surface area contributed by atoms with Crippen LogP contribution in [0.2, 0.25) is 0 Å². The maximum absolute atomic E-state index is 12.2. The summed E-state index contributed by atoms with van der Waals surface area (Å²) in [5.41, 5.74) is 8.23. The third-order valence-corrected chi connectivity index (χ3v) is 5.11. The van der Waals surface area contributed by atoms with Crippen molar-refractivity contribution in [2.45, 2.75) is 25.3 Å². The van der Waals surface area contributed by atoms with Crippen molar-refractivity contribution in [1.29, 1.82) is 0 Å². The van der Waals surface area contributed by atoms with Crippen molar-refractivity contribution in [1.82, 2.24) is 4.72 Å². The second kappa shape index (κ2) is 6.49. The lowest BCUT2D eigenvalue weighted by Crippen LogP contribution is -2.27. The topological polar surface area (TPSA) is 72.2 Å². The Morgan fingerprint density at radius 3 is 2.70 bits per heavy atom. The van der Waals surface area contributed by atoms with Crippen LogP contribution >= 0.6 is 11.3 Å². The van der Waals surface area contributed by atoms with Gasteiger partial charge in [-0.3, -0.25) is 0 Å². The molecule has 0 saturated carbocycles. The molecule has 0 bridgehead atoms. The molecule has 0 fully saturated rings. The van der Waals surface area contributed by atoms with Crippen LogP contribution in [0.25, 0.3) is 0 Å². The Balaban J connectivity index is 2.07. The molecular weight excluding hydrogens is 292 g/mol. The Labute approximate surface area is 123 Å². The predicted octanol–water partition coefficient (Wildman–Crippen LogP) is 2.39. The van der Waals surface area contributed by atoms with Crippen LogP contribution in [-0.2, 0) is 22.3 Å². The summed E-state index contributed by atoms with van der Waals surface area (Å²) in [6, 6.07) is 9.05. The number of benzene rings is 1. The van der Waals surface area contributed by atoms with Gasteiger partial charge < -0.3 is 5.73 Å². The van der Waals surface area contributed by atoms with Gasteiger partial charge in [0.25, 0.3) is 0 Å². The molecule has 3 N–H and O–H groups in total. The van der Waals surface area contributed by atoms with Crippen LogP contribution in [0.5, 0.6) is 0 Å². The summed E-state index contributed by atoms with van der Waals surface area (Å²) in [5.74, 6) is -0.0324. The van der Waals surface area contributed by atoms with Gasteiger partial charge in [-0.25, -0.2) is 13.1 Å². The number of sulfonamides is 1. The largest absolute Gasteiger partial charge is 0.326 e. The summed E-state index contributed by atoms with van der Waals surface area (Å²) in [6.07, 6.45) is 0. The first-order chi connectivity index (χ1) is 9.50. The lowest BCUT2D eigenvalue weighted by Gasteiger charge is -2.13. The fourth-order valence-corrected chi connectivity index (χ4v) is 4.10. The standard InChI is InChI=1S/C14H18N2O2S2/c1-11(14-5-6-19-9-14)16-20(17,18)10-13-4-2-3-12(7-13)8-15/h2-7,9,11,16H,8,10,15H2,1H3. The number of thiophene rings is 1. The van der Waals surface area contributed by atoms with Crippen molar-refractivity contribution >= 4 is 21.4 Å². The molecule has 0 amide bonds. The number of nitrogens with one attached hydrogen (secondary N) is 1. The molecule has 4 nitrogen and oxygen atoms in total. The lowest BCUT2D eigenvalue weighted by atomic mass is 10.1. The van der Waals surface area contributed by atoms with Crippen molar-refractivity contribution in [3.05, 3.63) is 57.8 Å². The highest BCUT2D eigenvalue weighted by Gasteiger charge is 2.16. The SMILES string of the molecule is CC(NS(=O)(=O)Cc1cccc(CN)c1)c1ccsc1. The first-order valence-corrected chi connectivity index (χ1v) is 8.89. The van der Waals surface area contributed by atoms with Gasteiger partial charge in [0.2, 0.25) is 10.0 Å². The van der Waals surface area contributed by atoms with Crippen molar-refractivity contribution < 1.29 is 8.42 Å². The van der Waals surface area contributed by atoms with Gasteiger partial charge in [-0.1, -0.05) is 24.3 Å². The van der Waals surface area contributed by atoms with Crippen LogP contribution in [0.3, 0.4) is 0 Å². The molecule has 2 aromatic rings. The zero-order chi connectivity index (χ0) is 14.6. The molecule has 0 spiro atoms. The molecule has 0 aliphatic carbocycles. The Kier molecular flexibility index (Phi) is 4.93. The van der Waals surface area contributed by atoms with Gasteiger partial charge >= 0.3 is 0 Å². The van der Waals surface area contributed by atoms with E-state index in [9.17, 15) is 8.42 Å². The second-order valence-electron chi connectivity index (χ2n) is 4.68. The molecule has 1 unspecified atom stereocenters. The fraction of sp³-hybridized carbons (Fsp3) is 0.286. The summed E-state index contributed by atoms with van der Waals surface area (Å²) < 4.78 is 27.0. The molecule has 0 aliphatic heterocycles. The minimum absolute atomic E-state index is 0.0324. The van der Waals surface area contributed by atoms with Crippen LogP contribution in [0, 0.1) is 0 Å². The summed E-state index contributed by atoms with van der Waals surface area (Å²) in [5, 5.41) is 3.88. The molecule has 0 saturated heterocycles. The van der Waals surface area contributed by atoms with Gasteiger partial charge in [0, 0.05) is 12.6 Å². The monoisotopic (exact) mass is 310 g/mol. The van der Waals surface area contributed by atoms with Crippen LogP contribution in [-0.4, -0.2) is 8.42 Å². The van der Waals surface area contributed by atoms with Crippen molar-refractivity contribution in [2.75, 3.05) is 0 Å². The van der Waals surface area contributed by atoms with E-state index in [4.69, 9.17) is 5.73 Å². The minimum atomic E-state index is -3.37. The smallest absolute Gasteiger partial charge is 0.216 e. The second-order valence-corrected chi connectivity index (χ2v) is 7.21. The first kappa shape index (κ1) is 15.2. The lowest BCUT2D eigenvalue weighted by molar-refractivity contribution is 0.566. The molecule has 0 aliphatic rings. The van der Waals surface area contributed by atoms with Crippen LogP contribution in [0.1, 0.15) is 29.7 Å². The summed E-state index contributed by atoms with van der Waals surface area (Å²) in [7, 11) is -3.37. The highest BCUT2D eigenvalue weighted by molar-refractivity contribution is 7.88. The average molecular weight is 310 g/mol. The third-order valence-electron chi connectivity index (χ3n) is 2.98. The highest BCUT2D eigenvalue weighted by atomic mass is 32.2. The van der Waals surface area contributed by atoms with E-state index in [2.05, 4.69) is 4.72 Å². The Bertz CT molecular complexity index is 652. The van der Waals surface area contributed by atoms with Crippen LogP contribution in [0.15, 0.2) is 41.1 Å². The third kappa shape index (κ3) is 4.14. The van der Waals surface area contributed by atoms with E-state index in [0.717, 1.165) is 16.7 Å². The molecular formula is C14H18N2O2S2. The van der Waals surface area contributed by atoms with E-state index in [-0.39, 0.29) is 11.8 Å². The number of nitrogens with two attached hydrogens (primary N) is 1. The number of rotatable bonds is 6. The zero-order valence-electron chi connectivity index (χ0n) is 11.2. The van der Waals surface area contributed by atoms with Crippen molar-refractivity contribution in [2.24, 2.45) is 5.73 Å². The van der Waals surface area contributed by atoms with Crippen LogP contribution in [0.4, 0.5) is 0 Å². The van der Waals surface area contributed by atoms with Crippen LogP contribution < -0.4 is 10.5 Å². The van der Waals surface area contributed by atoms with Gasteiger partial charge in [-0.15, -0.1) is 0 Å². The molecule has 6 heteroatoms. The molecule has 1 aromatic carbocycles. The van der Waals surface area contributed by atoms with E-state index < -0.39 is 10.0 Å². The first-order valence-electron chi connectivity index (χ1n) is 6.30. The van der Waals surface area contributed by atoms with Gasteiger partial charge in [-0.05, 0) is 40.4 Å². The Morgan fingerprint density at radius 1 is 1.30 bits per heavy atom. The maximum atomic E-state index is 12.2. The van der Waals surface area contributed by atoms with Gasteiger partial charge in [0.15, 0.2) is 0 Å². The summed E-state index contributed by atoms with van der Waals surface area (Å²) >= 11 is 1.55. The van der Waals surface area contributed by atoms with E-state index in [0.29, 0.717) is 6.54 Å². The molecule has 2 rings (SSSR count). The molecule has 1 aromatic heterocycles. The maximum Gasteiger partial charge on any atom is 0.216 e. The number of hydrogen-bond acceptors (Lipinski definition) is 4. The van der Waals surface area contributed by atoms with Crippen molar-refractivity contribution in [3.63, 3.8) is 0 Å². The molecule has 1 atom stereocenters. The predicted molar refractivity (Wildman–Crippen MR) is 82.8 cm³/mol. The summed E-state index contributed by atoms with van der Waals surface area (Å²) in [4.78, 5) is 0. The van der Waals surface area contributed by atoms with E-state index in [1.54, 1.807) is 17.4 Å². The fourth-order valence-electron chi connectivity index (χ4n) is 1.97. The van der Waals surface area contributed by atoms with Gasteiger partial charge in [0.1, 0.15) is 0 Å². The van der Waals surface area contributed by atoms with Gasteiger partial charge in [-0.2, -0.15) is 11.3 Å². The van der Waals surface area contributed by atoms with Crippen molar-refractivity contribution in [3.8, 4) is 0 Å². The normalized spacial score (nSPS) is 13.3. The summed E-state index contributed by atoms with van der Waals surface area (Å²) in [6.45, 7) is 2.25. The highest BCUT2D eigenvalue weighted by Crippen LogP contribution is 2.17. The van der Waals surface area contributed by atoms with E-state index in [1.807, 2.05) is 41.9 Å². The molecule has 1 heterocycles. The Morgan fingerprint density at radius 2 is 2.05 bits per heavy atom. The van der Waals surface area contributed by atoms with Gasteiger partial charge in [0.05, 0.1) is 5.75 Å². The Hall–Kier alpha value is -1.21. The quantitative estimate of drug-likeness (QED) is 0.860.